The van der Waals surface area contributed by atoms with Gasteiger partial charge >= 0.3 is 0 Å². The second-order valence-corrected chi connectivity index (χ2v) is 6.70. The van der Waals surface area contributed by atoms with E-state index in [-0.39, 0.29) is 11.4 Å². The molecule has 1 fully saturated rings. The van der Waals surface area contributed by atoms with E-state index >= 15 is 0 Å². The monoisotopic (exact) mass is 387 g/mol. The number of ether oxygens (including phenoxy) is 2. The van der Waals surface area contributed by atoms with Gasteiger partial charge in [-0.1, -0.05) is 24.3 Å². The number of carbonyl (C=O) groups excluding carboxylic acids is 2. The van der Waals surface area contributed by atoms with E-state index in [2.05, 4.69) is 0 Å². The van der Waals surface area contributed by atoms with Crippen molar-refractivity contribution >= 4 is 29.0 Å². The zero-order chi connectivity index (χ0) is 19.4. The van der Waals surface area contributed by atoms with E-state index < -0.39 is 17.0 Å². The lowest BCUT2D eigenvalue weighted by Gasteiger charge is -2.13. The van der Waals surface area contributed by atoms with Crippen LogP contribution in [-0.4, -0.2) is 29.8 Å². The van der Waals surface area contributed by atoms with E-state index in [0.29, 0.717) is 29.2 Å². The predicted octanol–water partition coefficient (Wildman–Crippen LogP) is 4.47. The first-order valence-corrected chi connectivity index (χ1v) is 9.14. The summed E-state index contributed by atoms with van der Waals surface area (Å²) in [6.07, 6.45) is 1.62. The molecule has 2 aromatic carbocycles. The van der Waals surface area contributed by atoms with Crippen molar-refractivity contribution in [3.8, 4) is 11.5 Å². The second-order valence-electron chi connectivity index (χ2n) is 5.70. The molecule has 1 aliphatic heterocycles. The molecule has 0 saturated carbocycles. The van der Waals surface area contributed by atoms with Crippen molar-refractivity contribution in [3.63, 3.8) is 0 Å². The van der Waals surface area contributed by atoms with E-state index in [1.807, 2.05) is 6.92 Å². The summed E-state index contributed by atoms with van der Waals surface area (Å²) in [6.45, 7) is 2.28. The second kappa shape index (κ2) is 8.26. The number of rotatable bonds is 6. The molecule has 0 bridgehead atoms. The van der Waals surface area contributed by atoms with Crippen molar-refractivity contribution in [2.24, 2.45) is 0 Å². The molecule has 2 amide bonds. The highest BCUT2D eigenvalue weighted by Crippen LogP contribution is 2.35. The fraction of sp³-hybridized carbons (Fsp3) is 0.200. The molecule has 7 heteroatoms. The predicted molar refractivity (Wildman–Crippen MR) is 102 cm³/mol. The Kier molecular flexibility index (Phi) is 5.81. The van der Waals surface area contributed by atoms with Crippen LogP contribution in [0.2, 0.25) is 0 Å². The number of carbonyl (C=O) groups is 2. The van der Waals surface area contributed by atoms with Gasteiger partial charge in [0, 0.05) is 5.56 Å². The summed E-state index contributed by atoms with van der Waals surface area (Å²) < 4.78 is 24.6. The highest BCUT2D eigenvalue weighted by Gasteiger charge is 2.35. The molecular formula is C20H18FNO4S. The quantitative estimate of drug-likeness (QED) is 0.685. The average molecular weight is 387 g/mol. The minimum absolute atomic E-state index is 0.0960. The lowest BCUT2D eigenvalue weighted by atomic mass is 10.1. The van der Waals surface area contributed by atoms with Crippen molar-refractivity contribution < 1.29 is 23.5 Å². The Morgan fingerprint density at radius 2 is 1.93 bits per heavy atom. The molecular weight excluding hydrogens is 369 g/mol. The van der Waals surface area contributed by atoms with Gasteiger partial charge in [-0.3, -0.25) is 14.5 Å². The van der Waals surface area contributed by atoms with Crippen LogP contribution >= 0.6 is 11.8 Å². The summed E-state index contributed by atoms with van der Waals surface area (Å²) in [7, 11) is 1.53. The minimum Gasteiger partial charge on any atom is -0.493 e. The highest BCUT2D eigenvalue weighted by atomic mass is 32.2. The lowest BCUT2D eigenvalue weighted by molar-refractivity contribution is -0.123. The van der Waals surface area contributed by atoms with Crippen LogP contribution in [0.3, 0.4) is 0 Å². The smallest absolute Gasteiger partial charge is 0.293 e. The van der Waals surface area contributed by atoms with Gasteiger partial charge in [-0.05, 0) is 48.5 Å². The van der Waals surface area contributed by atoms with Gasteiger partial charge in [-0.2, -0.15) is 0 Å². The maximum Gasteiger partial charge on any atom is 0.293 e. The van der Waals surface area contributed by atoms with Crippen LogP contribution < -0.4 is 9.47 Å². The first-order chi connectivity index (χ1) is 13.0. The fourth-order valence-corrected chi connectivity index (χ4v) is 3.47. The SMILES string of the molecule is CCOc1ccc(/C=C2\SC(=O)N(Cc3ccccc3F)C2=O)cc1OC. The van der Waals surface area contributed by atoms with E-state index in [1.165, 1.54) is 13.2 Å². The van der Waals surface area contributed by atoms with Gasteiger partial charge < -0.3 is 9.47 Å². The average Bonchev–Trinajstić information content (AvgIpc) is 2.92. The molecule has 0 aliphatic carbocycles. The highest BCUT2D eigenvalue weighted by molar-refractivity contribution is 8.18. The summed E-state index contributed by atoms with van der Waals surface area (Å²) in [5.74, 6) is 0.249. The molecule has 0 spiro atoms. The Morgan fingerprint density at radius 3 is 2.63 bits per heavy atom. The van der Waals surface area contributed by atoms with Gasteiger partial charge in [0.15, 0.2) is 11.5 Å². The summed E-state index contributed by atoms with van der Waals surface area (Å²) in [5, 5.41) is -0.424. The van der Waals surface area contributed by atoms with Gasteiger partial charge in [0.2, 0.25) is 0 Å². The van der Waals surface area contributed by atoms with Crippen molar-refractivity contribution in [3.05, 3.63) is 64.3 Å². The lowest BCUT2D eigenvalue weighted by Crippen LogP contribution is -2.27. The largest absolute Gasteiger partial charge is 0.493 e. The van der Waals surface area contributed by atoms with Crippen molar-refractivity contribution in [2.75, 3.05) is 13.7 Å². The Bertz CT molecular complexity index is 913. The van der Waals surface area contributed by atoms with Gasteiger partial charge in [0.1, 0.15) is 5.82 Å². The summed E-state index contributed by atoms with van der Waals surface area (Å²) in [4.78, 5) is 26.1. The van der Waals surface area contributed by atoms with Crippen LogP contribution in [0.5, 0.6) is 11.5 Å². The van der Waals surface area contributed by atoms with Gasteiger partial charge in [-0.15, -0.1) is 0 Å². The number of nitrogens with zero attached hydrogens (tertiary/aromatic N) is 1. The molecule has 140 valence electrons. The molecule has 0 unspecified atom stereocenters. The van der Waals surface area contributed by atoms with Crippen molar-refractivity contribution in [1.82, 2.24) is 4.90 Å². The van der Waals surface area contributed by atoms with Crippen LogP contribution in [0.15, 0.2) is 47.4 Å². The van der Waals surface area contributed by atoms with E-state index in [4.69, 9.17) is 9.47 Å². The molecule has 2 aromatic rings. The third-order valence-corrected chi connectivity index (χ3v) is 4.85. The van der Waals surface area contributed by atoms with Crippen LogP contribution in [0.1, 0.15) is 18.1 Å². The van der Waals surface area contributed by atoms with Crippen molar-refractivity contribution in [2.45, 2.75) is 13.5 Å². The minimum atomic E-state index is -0.447. The summed E-state index contributed by atoms with van der Waals surface area (Å²) >= 11 is 0.834. The van der Waals surface area contributed by atoms with E-state index in [0.717, 1.165) is 16.7 Å². The molecule has 0 radical (unpaired) electrons. The molecule has 3 rings (SSSR count). The first kappa shape index (κ1) is 19.0. The Hall–Kier alpha value is -2.80. The molecule has 1 heterocycles. The third-order valence-electron chi connectivity index (χ3n) is 3.95. The van der Waals surface area contributed by atoms with E-state index in [9.17, 15) is 14.0 Å². The molecule has 1 aliphatic rings. The molecule has 27 heavy (non-hydrogen) atoms. The fourth-order valence-electron chi connectivity index (χ4n) is 2.63. The number of thioether (sulfide) groups is 1. The Morgan fingerprint density at radius 1 is 1.15 bits per heavy atom. The third kappa shape index (κ3) is 4.14. The molecule has 1 saturated heterocycles. The zero-order valence-corrected chi connectivity index (χ0v) is 15.7. The summed E-state index contributed by atoms with van der Waals surface area (Å²) in [5.41, 5.74) is 0.996. The normalized spacial score (nSPS) is 15.5. The van der Waals surface area contributed by atoms with Gasteiger partial charge in [0.25, 0.3) is 11.1 Å². The first-order valence-electron chi connectivity index (χ1n) is 8.33. The zero-order valence-electron chi connectivity index (χ0n) is 14.9. The molecule has 5 nitrogen and oxygen atoms in total. The van der Waals surface area contributed by atoms with Crippen LogP contribution in [-0.2, 0) is 11.3 Å². The standard InChI is InChI=1S/C20H18FNO4S/c1-3-26-16-9-8-13(10-17(16)25-2)11-18-19(23)22(20(24)27-18)12-14-6-4-5-7-15(14)21/h4-11H,3,12H2,1-2H3/b18-11-. The number of amides is 2. The maximum absolute atomic E-state index is 13.8. The number of hydrogen-bond acceptors (Lipinski definition) is 5. The van der Waals surface area contributed by atoms with Gasteiger partial charge in [-0.25, -0.2) is 4.39 Å². The topological polar surface area (TPSA) is 55.8 Å². The number of methoxy groups -OCH3 is 1. The number of benzene rings is 2. The number of imide groups is 1. The Labute approximate surface area is 160 Å². The molecule has 0 aromatic heterocycles. The summed E-state index contributed by atoms with van der Waals surface area (Å²) in [6, 6.07) is 11.3. The molecule has 0 atom stereocenters. The van der Waals surface area contributed by atoms with Crippen LogP contribution in [0.4, 0.5) is 9.18 Å². The number of halogens is 1. The molecule has 0 N–H and O–H groups in total. The van der Waals surface area contributed by atoms with Crippen molar-refractivity contribution in [1.29, 1.82) is 0 Å². The van der Waals surface area contributed by atoms with Crippen LogP contribution in [0, 0.1) is 5.82 Å². The number of hydrogen-bond donors (Lipinski definition) is 0. The van der Waals surface area contributed by atoms with Crippen LogP contribution in [0.25, 0.3) is 6.08 Å². The van der Waals surface area contributed by atoms with Gasteiger partial charge in [0.05, 0.1) is 25.2 Å². The van der Waals surface area contributed by atoms with E-state index in [1.54, 1.807) is 42.5 Å². The maximum atomic E-state index is 13.8. The Balaban J connectivity index is 1.83.